The Balaban J connectivity index is 1.81. The molecule has 0 aromatic carbocycles. The Morgan fingerprint density at radius 3 is 2.83 bits per heavy atom. The highest BCUT2D eigenvalue weighted by Gasteiger charge is 2.14. The van der Waals surface area contributed by atoms with E-state index < -0.39 is 0 Å². The van der Waals surface area contributed by atoms with Gasteiger partial charge in [-0.1, -0.05) is 6.07 Å². The van der Waals surface area contributed by atoms with Crippen molar-refractivity contribution < 1.29 is 4.79 Å². The summed E-state index contributed by atoms with van der Waals surface area (Å²) < 4.78 is 1.58. The molecule has 3 aromatic heterocycles. The van der Waals surface area contributed by atoms with Crippen molar-refractivity contribution in [2.45, 2.75) is 13.3 Å². The third-order valence-corrected chi connectivity index (χ3v) is 3.46. The van der Waals surface area contributed by atoms with Crippen LogP contribution in [0.1, 0.15) is 11.3 Å². The number of H-pyrrole nitrogens is 1. The van der Waals surface area contributed by atoms with Gasteiger partial charge in [-0.15, -0.1) is 0 Å². The van der Waals surface area contributed by atoms with E-state index in [2.05, 4.69) is 25.4 Å². The maximum Gasteiger partial charge on any atom is 0.255 e. The van der Waals surface area contributed by atoms with Crippen molar-refractivity contribution in [3.63, 3.8) is 0 Å². The van der Waals surface area contributed by atoms with Crippen LogP contribution in [0.5, 0.6) is 0 Å². The molecule has 0 bridgehead atoms. The van der Waals surface area contributed by atoms with E-state index in [-0.39, 0.29) is 17.9 Å². The zero-order chi connectivity index (χ0) is 17.1. The maximum atomic E-state index is 12.3. The molecule has 0 unspecified atom stereocenters. The average Bonchev–Trinajstić information content (AvgIpc) is 2.96. The zero-order valence-electron chi connectivity index (χ0n) is 13.3. The van der Waals surface area contributed by atoms with Crippen LogP contribution in [0.25, 0.3) is 11.5 Å². The number of aromatic amines is 1. The SMILES string of the molecule is Cc1nc(-c2ccccn2)[nH]c(=O)c1CC(=O)Nc1cnn(C)c1. The number of hydrogen-bond donors (Lipinski definition) is 2. The van der Waals surface area contributed by atoms with E-state index in [1.165, 1.54) is 6.20 Å². The summed E-state index contributed by atoms with van der Waals surface area (Å²) in [7, 11) is 1.75. The number of carbonyl (C=O) groups is 1. The number of rotatable bonds is 4. The van der Waals surface area contributed by atoms with Crippen molar-refractivity contribution in [3.05, 3.63) is 58.4 Å². The van der Waals surface area contributed by atoms with E-state index in [4.69, 9.17) is 0 Å². The average molecular weight is 324 g/mol. The van der Waals surface area contributed by atoms with Crippen LogP contribution in [0.2, 0.25) is 0 Å². The molecule has 3 rings (SSSR count). The van der Waals surface area contributed by atoms with Gasteiger partial charge in [0.05, 0.1) is 18.3 Å². The first-order valence-corrected chi connectivity index (χ1v) is 7.32. The van der Waals surface area contributed by atoms with Crippen LogP contribution >= 0.6 is 0 Å². The minimum absolute atomic E-state index is 0.0639. The van der Waals surface area contributed by atoms with E-state index in [1.807, 2.05) is 6.07 Å². The van der Waals surface area contributed by atoms with E-state index in [0.29, 0.717) is 28.5 Å². The summed E-state index contributed by atoms with van der Waals surface area (Å²) in [6.45, 7) is 1.70. The Morgan fingerprint density at radius 2 is 2.21 bits per heavy atom. The number of aromatic nitrogens is 5. The summed E-state index contributed by atoms with van der Waals surface area (Å²) in [5.41, 5.74) is 1.64. The second kappa shape index (κ2) is 6.45. The monoisotopic (exact) mass is 324 g/mol. The Labute approximate surface area is 137 Å². The molecule has 0 fully saturated rings. The van der Waals surface area contributed by atoms with Gasteiger partial charge in [-0.25, -0.2) is 4.98 Å². The molecule has 3 heterocycles. The molecule has 0 saturated carbocycles. The van der Waals surface area contributed by atoms with Crippen LogP contribution < -0.4 is 10.9 Å². The number of nitrogens with one attached hydrogen (secondary N) is 2. The highest BCUT2D eigenvalue weighted by Crippen LogP contribution is 2.12. The number of hydrogen-bond acceptors (Lipinski definition) is 5. The molecule has 0 aliphatic carbocycles. The van der Waals surface area contributed by atoms with Crippen molar-refractivity contribution >= 4 is 11.6 Å². The Morgan fingerprint density at radius 1 is 1.38 bits per heavy atom. The quantitative estimate of drug-likeness (QED) is 0.746. The van der Waals surface area contributed by atoms with Gasteiger partial charge >= 0.3 is 0 Å². The fourth-order valence-corrected chi connectivity index (χ4v) is 2.29. The highest BCUT2D eigenvalue weighted by molar-refractivity contribution is 5.92. The molecule has 0 saturated heterocycles. The molecule has 8 heteroatoms. The van der Waals surface area contributed by atoms with Gasteiger partial charge in [0.1, 0.15) is 5.69 Å². The van der Waals surface area contributed by atoms with Gasteiger partial charge in [0.15, 0.2) is 5.82 Å². The van der Waals surface area contributed by atoms with Crippen molar-refractivity contribution in [3.8, 4) is 11.5 Å². The van der Waals surface area contributed by atoms with E-state index >= 15 is 0 Å². The van der Waals surface area contributed by atoms with E-state index in [0.717, 1.165) is 0 Å². The molecule has 24 heavy (non-hydrogen) atoms. The van der Waals surface area contributed by atoms with Crippen molar-refractivity contribution in [2.75, 3.05) is 5.32 Å². The van der Waals surface area contributed by atoms with Crippen LogP contribution in [0.3, 0.4) is 0 Å². The molecule has 2 N–H and O–H groups in total. The van der Waals surface area contributed by atoms with Crippen LogP contribution in [-0.4, -0.2) is 30.6 Å². The number of pyridine rings is 1. The summed E-state index contributed by atoms with van der Waals surface area (Å²) in [5, 5.41) is 6.67. The summed E-state index contributed by atoms with van der Waals surface area (Å²) in [5.74, 6) is 0.0819. The summed E-state index contributed by atoms with van der Waals surface area (Å²) in [6, 6.07) is 5.35. The minimum atomic E-state index is -0.343. The Kier molecular flexibility index (Phi) is 4.19. The largest absolute Gasteiger partial charge is 0.323 e. The third kappa shape index (κ3) is 3.37. The highest BCUT2D eigenvalue weighted by atomic mass is 16.2. The van der Waals surface area contributed by atoms with Crippen molar-refractivity contribution in [1.82, 2.24) is 24.7 Å². The van der Waals surface area contributed by atoms with Crippen LogP contribution in [-0.2, 0) is 18.3 Å². The molecular weight excluding hydrogens is 308 g/mol. The van der Waals surface area contributed by atoms with Crippen molar-refractivity contribution in [1.29, 1.82) is 0 Å². The fourth-order valence-electron chi connectivity index (χ4n) is 2.29. The standard InChI is InChI=1S/C16H16N6O2/c1-10-12(7-14(23)20-11-8-18-22(2)9-11)16(24)21-15(19-10)13-5-3-4-6-17-13/h3-6,8-9H,7H2,1-2H3,(H,20,23)(H,19,21,24). The Bertz CT molecular complexity index is 929. The number of carbonyl (C=O) groups excluding carboxylic acids is 1. The van der Waals surface area contributed by atoms with Crippen LogP contribution in [0.15, 0.2) is 41.6 Å². The molecule has 0 atom stereocenters. The molecule has 0 radical (unpaired) electrons. The third-order valence-electron chi connectivity index (χ3n) is 3.46. The molecule has 0 aliphatic heterocycles. The Hall–Kier alpha value is -3.29. The van der Waals surface area contributed by atoms with Gasteiger partial charge in [-0.05, 0) is 19.1 Å². The first-order valence-electron chi connectivity index (χ1n) is 7.32. The van der Waals surface area contributed by atoms with Gasteiger partial charge < -0.3 is 10.3 Å². The normalized spacial score (nSPS) is 10.6. The van der Waals surface area contributed by atoms with Crippen molar-refractivity contribution in [2.24, 2.45) is 7.05 Å². The van der Waals surface area contributed by atoms with E-state index in [1.54, 1.807) is 43.2 Å². The maximum absolute atomic E-state index is 12.3. The number of aryl methyl sites for hydroxylation is 2. The summed E-state index contributed by atoms with van der Waals surface area (Å²) >= 11 is 0. The van der Waals surface area contributed by atoms with E-state index in [9.17, 15) is 9.59 Å². The lowest BCUT2D eigenvalue weighted by Crippen LogP contribution is -2.23. The molecule has 0 aliphatic rings. The van der Waals surface area contributed by atoms with Gasteiger partial charge in [-0.3, -0.25) is 19.3 Å². The zero-order valence-corrected chi connectivity index (χ0v) is 13.3. The van der Waals surface area contributed by atoms with Crippen LogP contribution in [0.4, 0.5) is 5.69 Å². The predicted molar refractivity (Wildman–Crippen MR) is 88.4 cm³/mol. The van der Waals surface area contributed by atoms with Gasteiger partial charge in [0.2, 0.25) is 5.91 Å². The van der Waals surface area contributed by atoms with Gasteiger partial charge in [0.25, 0.3) is 5.56 Å². The van der Waals surface area contributed by atoms with Crippen LogP contribution in [0, 0.1) is 6.92 Å². The summed E-state index contributed by atoms with van der Waals surface area (Å²) in [4.78, 5) is 35.6. The molecule has 1 amide bonds. The number of nitrogens with zero attached hydrogens (tertiary/aromatic N) is 4. The van der Waals surface area contributed by atoms with Gasteiger partial charge in [-0.2, -0.15) is 5.10 Å². The second-order valence-electron chi connectivity index (χ2n) is 5.32. The molecular formula is C16H16N6O2. The summed E-state index contributed by atoms with van der Waals surface area (Å²) in [6.07, 6.45) is 4.78. The van der Waals surface area contributed by atoms with Gasteiger partial charge in [0, 0.05) is 30.7 Å². The number of amides is 1. The first-order chi connectivity index (χ1) is 11.5. The molecule has 3 aromatic rings. The molecule has 122 valence electrons. The molecule has 0 spiro atoms. The lowest BCUT2D eigenvalue weighted by atomic mass is 10.1. The lowest BCUT2D eigenvalue weighted by molar-refractivity contribution is -0.115. The lowest BCUT2D eigenvalue weighted by Gasteiger charge is -2.07. The molecule has 8 nitrogen and oxygen atoms in total. The number of anilines is 1. The second-order valence-corrected chi connectivity index (χ2v) is 5.32. The smallest absolute Gasteiger partial charge is 0.255 e. The predicted octanol–water partition coefficient (Wildman–Crippen LogP) is 1.06. The first kappa shape index (κ1) is 15.6. The topological polar surface area (TPSA) is 106 Å². The fraction of sp³-hybridized carbons (Fsp3) is 0.188. The minimum Gasteiger partial charge on any atom is -0.323 e.